The molecule has 1 heterocycles. The number of carbonyl (C=O) groups is 3. The summed E-state index contributed by atoms with van der Waals surface area (Å²) in [5.41, 5.74) is -0.203. The van der Waals surface area contributed by atoms with Crippen LogP contribution in [0.4, 0.5) is 0 Å². The lowest BCUT2D eigenvalue weighted by molar-refractivity contribution is -0.137. The van der Waals surface area contributed by atoms with E-state index in [0.29, 0.717) is 0 Å². The van der Waals surface area contributed by atoms with Crippen LogP contribution in [0.25, 0.3) is 0 Å². The van der Waals surface area contributed by atoms with Crippen molar-refractivity contribution in [3.63, 3.8) is 0 Å². The predicted molar refractivity (Wildman–Crippen MR) is 74.6 cm³/mol. The van der Waals surface area contributed by atoms with Crippen molar-refractivity contribution in [1.29, 1.82) is 0 Å². The smallest absolute Gasteiger partial charge is 0.336 e. The normalized spacial score (nSPS) is 11.6. The van der Waals surface area contributed by atoms with Crippen LogP contribution in [0, 0.1) is 0 Å². The van der Waals surface area contributed by atoms with E-state index in [1.165, 1.54) is 36.6 Å². The molecule has 3 N–H and O–H groups in total. The Morgan fingerprint density at radius 3 is 2.27 bits per heavy atom. The molecule has 2 aromatic rings. The highest BCUT2D eigenvalue weighted by Gasteiger charge is 2.23. The number of furan rings is 1. The quantitative estimate of drug-likeness (QED) is 0.750. The van der Waals surface area contributed by atoms with Gasteiger partial charge in [0.25, 0.3) is 5.91 Å². The summed E-state index contributed by atoms with van der Waals surface area (Å²) in [6.45, 7) is 0. The highest BCUT2D eigenvalue weighted by molar-refractivity contribution is 6.04. The number of carbonyl (C=O) groups excluding carboxylic acids is 1. The molecule has 1 aromatic carbocycles. The van der Waals surface area contributed by atoms with E-state index in [1.807, 2.05) is 0 Å². The lowest BCUT2D eigenvalue weighted by atomic mass is 10.1. The van der Waals surface area contributed by atoms with Gasteiger partial charge in [0.2, 0.25) is 0 Å². The van der Waals surface area contributed by atoms with Gasteiger partial charge >= 0.3 is 11.9 Å². The van der Waals surface area contributed by atoms with Crippen molar-refractivity contribution < 1.29 is 29.0 Å². The summed E-state index contributed by atoms with van der Waals surface area (Å²) < 4.78 is 5.12. The van der Waals surface area contributed by atoms with Gasteiger partial charge in [-0.05, 0) is 24.3 Å². The average molecular weight is 303 g/mol. The second-order valence-electron chi connectivity index (χ2n) is 4.49. The number of benzene rings is 1. The standard InChI is InChI=1S/C15H13NO6/c17-13(18)8-11(12-6-3-7-22-12)16-14(19)9-4-1-2-5-10(9)15(20)21/h1-7,11H,8H2,(H,16,19)(H,17,18)(H,20,21). The zero-order chi connectivity index (χ0) is 16.1. The number of carboxylic acids is 2. The van der Waals surface area contributed by atoms with E-state index in [4.69, 9.17) is 14.6 Å². The van der Waals surface area contributed by atoms with Crippen molar-refractivity contribution >= 4 is 17.8 Å². The zero-order valence-corrected chi connectivity index (χ0v) is 11.4. The molecule has 0 aliphatic rings. The highest BCUT2D eigenvalue weighted by atomic mass is 16.4. The monoisotopic (exact) mass is 303 g/mol. The third-order valence-corrected chi connectivity index (χ3v) is 2.97. The summed E-state index contributed by atoms with van der Waals surface area (Å²) in [5, 5.41) is 20.5. The Balaban J connectivity index is 2.25. The fourth-order valence-electron chi connectivity index (χ4n) is 1.99. The van der Waals surface area contributed by atoms with Crippen LogP contribution >= 0.6 is 0 Å². The molecule has 0 spiro atoms. The largest absolute Gasteiger partial charge is 0.481 e. The van der Waals surface area contributed by atoms with E-state index in [9.17, 15) is 14.4 Å². The maximum Gasteiger partial charge on any atom is 0.336 e. The van der Waals surface area contributed by atoms with Gasteiger partial charge in [-0.3, -0.25) is 9.59 Å². The van der Waals surface area contributed by atoms with Crippen LogP contribution in [0.5, 0.6) is 0 Å². The van der Waals surface area contributed by atoms with Crippen molar-refractivity contribution in [1.82, 2.24) is 5.32 Å². The lowest BCUT2D eigenvalue weighted by Crippen LogP contribution is -2.31. The summed E-state index contributed by atoms with van der Waals surface area (Å²) in [6.07, 6.45) is 0.982. The molecular weight excluding hydrogens is 290 g/mol. The first-order chi connectivity index (χ1) is 10.5. The molecule has 0 aliphatic heterocycles. The van der Waals surface area contributed by atoms with E-state index in [1.54, 1.807) is 6.07 Å². The maximum absolute atomic E-state index is 12.2. The molecule has 0 bridgehead atoms. The van der Waals surface area contributed by atoms with E-state index in [0.717, 1.165) is 0 Å². The zero-order valence-electron chi connectivity index (χ0n) is 11.4. The molecule has 0 saturated heterocycles. The number of carboxylic acid groups (broad SMARTS) is 2. The summed E-state index contributed by atoms with van der Waals surface area (Å²) in [7, 11) is 0. The van der Waals surface area contributed by atoms with Gasteiger partial charge in [0, 0.05) is 0 Å². The van der Waals surface area contributed by atoms with E-state index in [-0.39, 0.29) is 23.3 Å². The molecular formula is C15H13NO6. The first kappa shape index (κ1) is 15.3. The number of hydrogen-bond donors (Lipinski definition) is 3. The third-order valence-electron chi connectivity index (χ3n) is 2.97. The van der Waals surface area contributed by atoms with Gasteiger partial charge in [-0.25, -0.2) is 4.79 Å². The Morgan fingerprint density at radius 2 is 1.73 bits per heavy atom. The van der Waals surface area contributed by atoms with E-state index < -0.39 is 23.9 Å². The molecule has 1 unspecified atom stereocenters. The van der Waals surface area contributed by atoms with Gasteiger partial charge in [-0.2, -0.15) is 0 Å². The van der Waals surface area contributed by atoms with Crippen LogP contribution in [0.1, 0.15) is 38.9 Å². The van der Waals surface area contributed by atoms with Gasteiger partial charge in [0.1, 0.15) is 5.76 Å². The van der Waals surface area contributed by atoms with Crippen LogP contribution in [0.15, 0.2) is 47.1 Å². The summed E-state index contributed by atoms with van der Waals surface area (Å²) in [5.74, 6) is -2.75. The molecule has 0 fully saturated rings. The summed E-state index contributed by atoms with van der Waals surface area (Å²) in [4.78, 5) is 34.3. The molecule has 2 rings (SSSR count). The highest BCUT2D eigenvalue weighted by Crippen LogP contribution is 2.19. The van der Waals surface area contributed by atoms with Gasteiger partial charge in [0.15, 0.2) is 0 Å². The molecule has 0 aliphatic carbocycles. The first-order valence-electron chi connectivity index (χ1n) is 6.37. The number of aromatic carboxylic acids is 1. The summed E-state index contributed by atoms with van der Waals surface area (Å²) in [6, 6.07) is 7.91. The molecule has 7 heteroatoms. The van der Waals surface area contributed by atoms with Crippen molar-refractivity contribution in [3.8, 4) is 0 Å². The number of nitrogens with one attached hydrogen (secondary N) is 1. The Labute approximate surface area is 125 Å². The minimum absolute atomic E-state index is 0.0445. The first-order valence-corrected chi connectivity index (χ1v) is 6.37. The topological polar surface area (TPSA) is 117 Å². The van der Waals surface area contributed by atoms with Crippen LogP contribution < -0.4 is 5.32 Å². The molecule has 0 radical (unpaired) electrons. The summed E-state index contributed by atoms with van der Waals surface area (Å²) >= 11 is 0. The van der Waals surface area contributed by atoms with E-state index >= 15 is 0 Å². The van der Waals surface area contributed by atoms with Crippen LogP contribution in [0.3, 0.4) is 0 Å². The minimum Gasteiger partial charge on any atom is -0.481 e. The van der Waals surface area contributed by atoms with Crippen molar-refractivity contribution in [3.05, 3.63) is 59.5 Å². The average Bonchev–Trinajstić information content (AvgIpc) is 3.00. The van der Waals surface area contributed by atoms with Crippen molar-refractivity contribution in [2.24, 2.45) is 0 Å². The maximum atomic E-state index is 12.2. The SMILES string of the molecule is O=C(O)CC(NC(=O)c1ccccc1C(=O)O)c1ccco1. The molecule has 114 valence electrons. The van der Waals surface area contributed by atoms with Crippen LogP contribution in [-0.4, -0.2) is 28.1 Å². The minimum atomic E-state index is -1.24. The number of hydrogen-bond acceptors (Lipinski definition) is 4. The fraction of sp³-hybridized carbons (Fsp3) is 0.133. The molecule has 1 amide bonds. The third kappa shape index (κ3) is 3.51. The Kier molecular flexibility index (Phi) is 4.57. The second-order valence-corrected chi connectivity index (χ2v) is 4.49. The van der Waals surface area contributed by atoms with Gasteiger partial charge in [0.05, 0.1) is 29.9 Å². The Hall–Kier alpha value is -3.09. The Morgan fingerprint density at radius 1 is 1.05 bits per heavy atom. The molecule has 22 heavy (non-hydrogen) atoms. The number of amides is 1. The van der Waals surface area contributed by atoms with Crippen LogP contribution in [-0.2, 0) is 4.79 Å². The van der Waals surface area contributed by atoms with Gasteiger partial charge in [-0.15, -0.1) is 0 Å². The second kappa shape index (κ2) is 6.57. The Bertz CT molecular complexity index is 692. The lowest BCUT2D eigenvalue weighted by Gasteiger charge is -2.15. The predicted octanol–water partition coefficient (Wildman–Crippen LogP) is 1.92. The van der Waals surface area contributed by atoms with Crippen molar-refractivity contribution in [2.75, 3.05) is 0 Å². The molecule has 0 saturated carbocycles. The fourth-order valence-corrected chi connectivity index (χ4v) is 1.99. The van der Waals surface area contributed by atoms with Gasteiger partial charge in [-0.1, -0.05) is 12.1 Å². The van der Waals surface area contributed by atoms with Crippen molar-refractivity contribution in [2.45, 2.75) is 12.5 Å². The van der Waals surface area contributed by atoms with Gasteiger partial charge < -0.3 is 19.9 Å². The molecule has 1 aromatic heterocycles. The number of aliphatic carboxylic acids is 1. The molecule has 7 nitrogen and oxygen atoms in total. The van der Waals surface area contributed by atoms with Crippen LogP contribution in [0.2, 0.25) is 0 Å². The van der Waals surface area contributed by atoms with E-state index in [2.05, 4.69) is 5.32 Å². The molecule has 1 atom stereocenters. The number of rotatable bonds is 6.